The van der Waals surface area contributed by atoms with Crippen LogP contribution in [0.3, 0.4) is 0 Å². The standard InChI is InChI=1S/C22H23ClF3N5O2.CH4S/c23-22-28-17-10-31(21(32)13-7-30(8-13)14-4-5-33-11-14)9-16(17)20(29-22)27-6-12-2-1-3-15(18(12)24)19(25)26;1-2/h1-3,13-14,19H,4-11H2,(H,27,28,29);2H,1H3. The number of rotatable bonds is 6. The maximum absolute atomic E-state index is 14.4. The molecule has 2 fully saturated rings. The van der Waals surface area contributed by atoms with Gasteiger partial charge in [-0.15, -0.1) is 0 Å². The molecule has 7 nitrogen and oxygen atoms in total. The van der Waals surface area contributed by atoms with E-state index in [9.17, 15) is 18.0 Å². The highest BCUT2D eigenvalue weighted by Gasteiger charge is 2.41. The third kappa shape index (κ3) is 5.52. The number of benzene rings is 1. The van der Waals surface area contributed by atoms with E-state index in [0.717, 1.165) is 38.8 Å². The monoisotopic (exact) mass is 529 g/mol. The Hall–Kier alpha value is -2.08. The third-order valence-corrected chi connectivity index (χ3v) is 6.71. The molecular formula is C23H27ClF3N5O2S. The fourth-order valence-electron chi connectivity index (χ4n) is 4.65. The van der Waals surface area contributed by atoms with E-state index in [1.165, 1.54) is 12.1 Å². The molecule has 35 heavy (non-hydrogen) atoms. The molecule has 5 rings (SSSR count). The van der Waals surface area contributed by atoms with Gasteiger partial charge < -0.3 is 15.0 Å². The molecule has 190 valence electrons. The minimum atomic E-state index is -2.90. The quantitative estimate of drug-likeness (QED) is 0.436. The van der Waals surface area contributed by atoms with Gasteiger partial charge in [0.1, 0.15) is 11.6 Å². The highest BCUT2D eigenvalue weighted by Crippen LogP contribution is 2.32. The molecule has 3 aliphatic rings. The molecule has 4 heterocycles. The van der Waals surface area contributed by atoms with Crippen molar-refractivity contribution in [3.8, 4) is 0 Å². The van der Waals surface area contributed by atoms with Crippen LogP contribution in [0.1, 0.15) is 35.2 Å². The summed E-state index contributed by atoms with van der Waals surface area (Å²) in [7, 11) is 0. The van der Waals surface area contributed by atoms with Crippen LogP contribution in [0.25, 0.3) is 0 Å². The van der Waals surface area contributed by atoms with E-state index in [2.05, 4.69) is 32.8 Å². The zero-order chi connectivity index (χ0) is 25.1. The highest BCUT2D eigenvalue weighted by atomic mass is 35.5. The number of hydrogen-bond acceptors (Lipinski definition) is 7. The Labute approximate surface area is 212 Å². The van der Waals surface area contributed by atoms with Gasteiger partial charge in [0.05, 0.1) is 36.9 Å². The Kier molecular flexibility index (Phi) is 8.41. The minimum Gasteiger partial charge on any atom is -0.380 e. The maximum Gasteiger partial charge on any atom is 0.266 e. The van der Waals surface area contributed by atoms with Crippen LogP contribution in [-0.2, 0) is 29.2 Å². The number of alkyl halides is 2. The van der Waals surface area contributed by atoms with Crippen LogP contribution >= 0.6 is 24.2 Å². The zero-order valence-electron chi connectivity index (χ0n) is 19.2. The zero-order valence-corrected chi connectivity index (χ0v) is 20.8. The highest BCUT2D eigenvalue weighted by molar-refractivity contribution is 7.79. The molecule has 1 N–H and O–H groups in total. The van der Waals surface area contributed by atoms with Crippen molar-refractivity contribution in [2.75, 3.05) is 37.9 Å². The van der Waals surface area contributed by atoms with Gasteiger partial charge >= 0.3 is 0 Å². The number of carbonyl (C=O) groups is 1. The molecule has 0 spiro atoms. The number of nitrogens with one attached hydrogen (secondary N) is 1. The summed E-state index contributed by atoms with van der Waals surface area (Å²) in [5.74, 6) is -0.580. The summed E-state index contributed by atoms with van der Waals surface area (Å²) in [6.45, 7) is 3.52. The van der Waals surface area contributed by atoms with Gasteiger partial charge in [-0.25, -0.2) is 23.1 Å². The molecule has 0 aliphatic carbocycles. The van der Waals surface area contributed by atoms with Crippen LogP contribution in [0.5, 0.6) is 0 Å². The van der Waals surface area contributed by atoms with Crippen LogP contribution in [-0.4, -0.2) is 64.3 Å². The van der Waals surface area contributed by atoms with Gasteiger partial charge in [-0.3, -0.25) is 9.69 Å². The van der Waals surface area contributed by atoms with E-state index in [-0.39, 0.29) is 29.2 Å². The number of amides is 1. The van der Waals surface area contributed by atoms with Crippen LogP contribution in [0.15, 0.2) is 18.2 Å². The summed E-state index contributed by atoms with van der Waals surface area (Å²) in [6.07, 6.45) is -0.203. The summed E-state index contributed by atoms with van der Waals surface area (Å²) >= 11 is 9.60. The second-order valence-corrected chi connectivity index (χ2v) is 8.94. The van der Waals surface area contributed by atoms with E-state index in [4.69, 9.17) is 16.3 Å². The molecule has 0 saturated carbocycles. The third-order valence-electron chi connectivity index (χ3n) is 6.54. The van der Waals surface area contributed by atoms with E-state index in [1.807, 2.05) is 0 Å². The van der Waals surface area contributed by atoms with Gasteiger partial charge in [0, 0.05) is 43.4 Å². The average molecular weight is 530 g/mol. The lowest BCUT2D eigenvalue weighted by Crippen LogP contribution is -2.57. The summed E-state index contributed by atoms with van der Waals surface area (Å²) < 4.78 is 45.8. The fraction of sp³-hybridized carbons (Fsp3) is 0.522. The fourth-order valence-corrected chi connectivity index (χ4v) is 4.83. The summed E-state index contributed by atoms with van der Waals surface area (Å²) in [4.78, 5) is 25.5. The Morgan fingerprint density at radius 3 is 2.74 bits per heavy atom. The first-order chi connectivity index (χ1) is 16.9. The molecule has 2 aromatic rings. The lowest BCUT2D eigenvalue weighted by atomic mass is 9.95. The smallest absolute Gasteiger partial charge is 0.266 e. The first-order valence-electron chi connectivity index (χ1n) is 11.3. The number of hydrogen-bond donors (Lipinski definition) is 2. The normalized spacial score (nSPS) is 19.9. The molecule has 12 heteroatoms. The maximum atomic E-state index is 14.4. The number of thiol groups is 1. The van der Waals surface area contributed by atoms with Crippen molar-refractivity contribution in [2.45, 2.75) is 38.5 Å². The van der Waals surface area contributed by atoms with Gasteiger partial charge in [0.15, 0.2) is 0 Å². The van der Waals surface area contributed by atoms with Gasteiger partial charge in [0.25, 0.3) is 6.43 Å². The second-order valence-electron chi connectivity index (χ2n) is 8.60. The Morgan fingerprint density at radius 1 is 1.29 bits per heavy atom. The molecule has 0 radical (unpaired) electrons. The van der Waals surface area contributed by atoms with E-state index < -0.39 is 17.8 Å². The molecule has 1 aromatic carbocycles. The second kappa shape index (κ2) is 11.3. The summed E-state index contributed by atoms with van der Waals surface area (Å²) in [6, 6.07) is 4.28. The topological polar surface area (TPSA) is 70.6 Å². The molecule has 1 atom stereocenters. The molecular weight excluding hydrogens is 503 g/mol. The largest absolute Gasteiger partial charge is 0.380 e. The molecule has 3 aliphatic heterocycles. The number of fused-ring (bicyclic) bond motifs is 1. The summed E-state index contributed by atoms with van der Waals surface area (Å²) in [5, 5.41) is 2.99. The van der Waals surface area contributed by atoms with Gasteiger partial charge in [0.2, 0.25) is 11.2 Å². The van der Waals surface area contributed by atoms with Crippen LogP contribution in [0.2, 0.25) is 5.28 Å². The van der Waals surface area contributed by atoms with Crippen molar-refractivity contribution in [3.05, 3.63) is 51.7 Å². The number of carbonyl (C=O) groups excluding carboxylic acids is 1. The van der Waals surface area contributed by atoms with Crippen LogP contribution in [0, 0.1) is 11.7 Å². The Bertz CT molecular complexity index is 1070. The molecule has 1 amide bonds. The van der Waals surface area contributed by atoms with Gasteiger partial charge in [-0.1, -0.05) is 18.2 Å². The number of anilines is 1. The van der Waals surface area contributed by atoms with E-state index in [1.54, 1.807) is 11.2 Å². The Balaban J connectivity index is 0.00000141. The predicted molar refractivity (Wildman–Crippen MR) is 129 cm³/mol. The van der Waals surface area contributed by atoms with Crippen LogP contribution in [0.4, 0.5) is 19.0 Å². The molecule has 1 unspecified atom stereocenters. The van der Waals surface area contributed by atoms with Crippen molar-refractivity contribution in [1.29, 1.82) is 0 Å². The number of aromatic nitrogens is 2. The van der Waals surface area contributed by atoms with Crippen molar-refractivity contribution >= 4 is 36.0 Å². The van der Waals surface area contributed by atoms with Crippen LogP contribution < -0.4 is 5.32 Å². The number of likely N-dealkylation sites (tertiary alicyclic amines) is 1. The van der Waals surface area contributed by atoms with Gasteiger partial charge in [-0.2, -0.15) is 12.6 Å². The van der Waals surface area contributed by atoms with Crippen molar-refractivity contribution < 1.29 is 22.7 Å². The van der Waals surface area contributed by atoms with Gasteiger partial charge in [-0.05, 0) is 24.3 Å². The first kappa shape index (κ1) is 26.0. The Morgan fingerprint density at radius 2 is 2.06 bits per heavy atom. The summed E-state index contributed by atoms with van der Waals surface area (Å²) in [5.41, 5.74) is 0.787. The SMILES string of the molecule is CS.O=C(C1CN(C2CCOC2)C1)N1Cc2nc(Cl)nc(NCc3cccc(C(F)F)c3F)c2C1. The van der Waals surface area contributed by atoms with E-state index in [0.29, 0.717) is 36.2 Å². The lowest BCUT2D eigenvalue weighted by molar-refractivity contribution is -0.143. The molecule has 2 saturated heterocycles. The minimum absolute atomic E-state index is 0.00315. The van der Waals surface area contributed by atoms with Crippen molar-refractivity contribution in [1.82, 2.24) is 19.8 Å². The predicted octanol–water partition coefficient (Wildman–Crippen LogP) is 3.93. The average Bonchev–Trinajstić information content (AvgIpc) is 3.48. The number of ether oxygens (including phenoxy) is 1. The number of nitrogens with zero attached hydrogens (tertiary/aromatic N) is 4. The molecule has 0 bridgehead atoms. The van der Waals surface area contributed by atoms with E-state index >= 15 is 0 Å². The lowest BCUT2D eigenvalue weighted by Gasteiger charge is -2.42. The molecule has 1 aromatic heterocycles. The van der Waals surface area contributed by atoms with Crippen molar-refractivity contribution in [3.63, 3.8) is 0 Å². The number of halogens is 4. The first-order valence-corrected chi connectivity index (χ1v) is 12.6. The van der Waals surface area contributed by atoms with Crippen molar-refractivity contribution in [2.24, 2.45) is 5.92 Å².